The number of methoxy groups -OCH3 is 1. The minimum atomic E-state index is -3.69. The van der Waals surface area contributed by atoms with Crippen molar-refractivity contribution in [2.75, 3.05) is 58.1 Å². The van der Waals surface area contributed by atoms with Gasteiger partial charge >= 0.3 is 0 Å². The second-order valence-electron chi connectivity index (χ2n) is 16.2. The highest BCUT2D eigenvalue weighted by molar-refractivity contribution is 7.92. The minimum absolute atomic E-state index is 0.0553. The number of anilines is 1. The van der Waals surface area contributed by atoms with Gasteiger partial charge in [-0.05, 0) is 112 Å². The summed E-state index contributed by atoms with van der Waals surface area (Å²) in [7, 11) is 3.22. The molecule has 0 saturated heterocycles. The number of hydrogen-bond donors (Lipinski definition) is 2. The molecule has 7 rings (SSSR count). The summed E-state index contributed by atoms with van der Waals surface area (Å²) in [6.07, 6.45) is 10.1. The first-order valence-corrected chi connectivity index (χ1v) is 21.3. The summed E-state index contributed by atoms with van der Waals surface area (Å²) in [6.45, 7) is 4.02. The van der Waals surface area contributed by atoms with Crippen molar-refractivity contribution >= 4 is 39.0 Å². The Bertz CT molecular complexity index is 2240. The van der Waals surface area contributed by atoms with Crippen molar-refractivity contribution in [3.05, 3.63) is 82.0 Å². The molecule has 2 aliphatic carbocycles. The average Bonchev–Trinajstić information content (AvgIpc) is 3.44. The van der Waals surface area contributed by atoms with E-state index >= 15 is 0 Å². The third-order valence-corrected chi connectivity index (χ3v) is 13.8. The van der Waals surface area contributed by atoms with Crippen LogP contribution in [-0.4, -0.2) is 94.6 Å². The largest absolute Gasteiger partial charge is 0.490 e. The lowest BCUT2D eigenvalue weighted by Gasteiger charge is -2.47. The Morgan fingerprint density at radius 1 is 1.23 bits per heavy atom. The number of nitrogens with zero attached hydrogens (tertiary/aromatic N) is 5. The highest BCUT2D eigenvalue weighted by Gasteiger charge is 2.47. The molecule has 14 heteroatoms. The van der Waals surface area contributed by atoms with E-state index in [1.54, 1.807) is 31.3 Å². The molecule has 298 valence electrons. The van der Waals surface area contributed by atoms with Crippen LogP contribution in [0.25, 0.3) is 0 Å². The van der Waals surface area contributed by atoms with Crippen LogP contribution in [0.3, 0.4) is 0 Å². The SMILES string of the molecule is COc1nn(C)cc1C(=O)NS1(=O)=NC(=O)c2ccc3c(c2)N(C[C@@H]2CC[C@H]2C(O)(C#CCN(C)C)/C=C/C[C@H](C)C1)C[C@@]1(CCCc2cc(Cl)ccc21)CO3. The first-order chi connectivity index (χ1) is 26.7. The van der Waals surface area contributed by atoms with E-state index in [1.165, 1.54) is 29.1 Å². The Morgan fingerprint density at radius 3 is 2.80 bits per heavy atom. The molecule has 2 aromatic carbocycles. The molecule has 12 nitrogen and oxygen atoms in total. The van der Waals surface area contributed by atoms with Crippen molar-refractivity contribution in [3.8, 4) is 23.5 Å². The Balaban J connectivity index is 1.34. The summed E-state index contributed by atoms with van der Waals surface area (Å²) in [6, 6.07) is 11.3. The second kappa shape index (κ2) is 15.9. The van der Waals surface area contributed by atoms with Gasteiger partial charge in [0, 0.05) is 48.3 Å². The van der Waals surface area contributed by atoms with E-state index in [0.717, 1.165) is 37.8 Å². The maximum atomic E-state index is 14.7. The fraction of sp³-hybridized carbons (Fsp3) is 0.500. The van der Waals surface area contributed by atoms with E-state index in [4.69, 9.17) is 21.1 Å². The number of rotatable bonds is 4. The normalized spacial score (nSPS) is 29.3. The van der Waals surface area contributed by atoms with Gasteiger partial charge in [0.05, 0.1) is 31.7 Å². The van der Waals surface area contributed by atoms with Gasteiger partial charge in [0.25, 0.3) is 11.8 Å². The molecular formula is C42H51ClN6O6S. The quantitative estimate of drug-likeness (QED) is 0.262. The highest BCUT2D eigenvalue weighted by atomic mass is 35.5. The molecule has 3 aromatic rings. The molecule has 2 amide bonds. The Kier molecular flexibility index (Phi) is 11.3. The van der Waals surface area contributed by atoms with Crippen LogP contribution in [0.1, 0.15) is 70.9 Å². The van der Waals surface area contributed by atoms with Gasteiger partial charge in [-0.25, -0.2) is 4.21 Å². The van der Waals surface area contributed by atoms with Crippen LogP contribution in [-0.2, 0) is 28.8 Å². The number of aromatic nitrogens is 2. The van der Waals surface area contributed by atoms with Gasteiger partial charge in [-0.1, -0.05) is 42.5 Å². The lowest BCUT2D eigenvalue weighted by molar-refractivity contribution is -0.00326. The summed E-state index contributed by atoms with van der Waals surface area (Å²) in [5.41, 5.74) is 1.69. The predicted octanol–water partition coefficient (Wildman–Crippen LogP) is 5.43. The number of ether oxygens (including phenoxy) is 2. The summed E-state index contributed by atoms with van der Waals surface area (Å²) >= 11 is 6.48. The fourth-order valence-corrected chi connectivity index (χ4v) is 10.8. The molecule has 56 heavy (non-hydrogen) atoms. The summed E-state index contributed by atoms with van der Waals surface area (Å²) < 4.78 is 34.9. The number of nitrogens with one attached hydrogen (secondary N) is 1. The number of aryl methyl sites for hydroxylation is 2. The van der Waals surface area contributed by atoms with E-state index in [2.05, 4.69) is 43.1 Å². The van der Waals surface area contributed by atoms with Crippen LogP contribution in [0.5, 0.6) is 11.6 Å². The molecule has 4 aliphatic rings. The smallest absolute Gasteiger partial charge is 0.286 e. The summed E-state index contributed by atoms with van der Waals surface area (Å²) in [5, 5.41) is 17.3. The number of fused-ring (bicyclic) bond motifs is 4. The monoisotopic (exact) mass is 802 g/mol. The van der Waals surface area contributed by atoms with Crippen molar-refractivity contribution in [1.29, 1.82) is 0 Å². The number of amides is 2. The van der Waals surface area contributed by atoms with E-state index in [0.29, 0.717) is 43.4 Å². The third kappa shape index (κ3) is 8.21. The topological polar surface area (TPSA) is 139 Å². The van der Waals surface area contributed by atoms with E-state index in [1.807, 2.05) is 38.1 Å². The number of hydrogen-bond acceptors (Lipinski definition) is 9. The number of halogens is 1. The van der Waals surface area contributed by atoms with Crippen LogP contribution in [0.2, 0.25) is 5.02 Å². The predicted molar refractivity (Wildman–Crippen MR) is 218 cm³/mol. The molecule has 2 N–H and O–H groups in total. The Labute approximate surface area is 334 Å². The number of aliphatic hydroxyl groups is 1. The molecule has 2 aliphatic heterocycles. The summed E-state index contributed by atoms with van der Waals surface area (Å²) in [4.78, 5) is 32.0. The first kappa shape index (κ1) is 39.9. The highest BCUT2D eigenvalue weighted by Crippen LogP contribution is 2.48. The number of allylic oxidation sites excluding steroid dienone is 1. The molecule has 1 aromatic heterocycles. The maximum absolute atomic E-state index is 14.7. The molecule has 6 atom stereocenters. The van der Waals surface area contributed by atoms with Crippen LogP contribution in [0.4, 0.5) is 5.69 Å². The lowest BCUT2D eigenvalue weighted by atomic mass is 9.64. The van der Waals surface area contributed by atoms with Gasteiger partial charge in [0.2, 0.25) is 5.88 Å². The average molecular weight is 803 g/mol. The van der Waals surface area contributed by atoms with Gasteiger partial charge < -0.3 is 19.5 Å². The standard InChI is InChI=1S/C42H51ClN6O6S/c1-28-9-6-18-42(52,19-8-20-47(2)3)35-14-11-31(35)23-49-26-41(17-7-10-29-21-32(43)13-15-34(29)41)27-55-37-16-12-30(22-36(37)49)38(50)45-56(53,25-28)46-39(51)33-24-48(4)44-40(33)54-5/h6,12-13,15-16,18,21-22,24,28,31,35,52H,7,9-11,14,17,20,23,25-27H2,1-5H3,(H,45,46,50,51,53)/b18-6+/t28-,31-,35+,41-,42?,56?/m0/s1. The van der Waals surface area contributed by atoms with Gasteiger partial charge in [-0.3, -0.25) is 23.9 Å². The van der Waals surface area contributed by atoms with Crippen molar-refractivity contribution < 1.29 is 28.4 Å². The van der Waals surface area contributed by atoms with Crippen LogP contribution in [0, 0.1) is 29.6 Å². The molecule has 1 spiro atoms. The first-order valence-electron chi connectivity index (χ1n) is 19.2. The number of carbonyl (C=O) groups is 2. The van der Waals surface area contributed by atoms with Crippen molar-refractivity contribution in [3.63, 3.8) is 0 Å². The third-order valence-electron chi connectivity index (χ3n) is 11.5. The minimum Gasteiger partial charge on any atom is -0.490 e. The maximum Gasteiger partial charge on any atom is 0.286 e. The molecule has 1 fully saturated rings. The van der Waals surface area contributed by atoms with Gasteiger partial charge in [-0.15, -0.1) is 9.46 Å². The van der Waals surface area contributed by atoms with Gasteiger partial charge in [0.15, 0.2) is 0 Å². The van der Waals surface area contributed by atoms with E-state index in [9.17, 15) is 18.9 Å². The Hall–Kier alpha value is -4.35. The molecular weight excluding hydrogens is 752 g/mol. The van der Waals surface area contributed by atoms with Crippen LogP contribution >= 0.6 is 11.6 Å². The van der Waals surface area contributed by atoms with E-state index in [-0.39, 0.29) is 45.9 Å². The van der Waals surface area contributed by atoms with E-state index < -0.39 is 27.3 Å². The molecule has 2 unspecified atom stereocenters. The molecule has 0 radical (unpaired) electrons. The molecule has 3 heterocycles. The van der Waals surface area contributed by atoms with Crippen LogP contribution < -0.4 is 19.1 Å². The zero-order valence-electron chi connectivity index (χ0n) is 32.7. The van der Waals surface area contributed by atoms with Crippen molar-refractivity contribution in [1.82, 2.24) is 19.4 Å². The van der Waals surface area contributed by atoms with Crippen molar-refractivity contribution in [2.24, 2.45) is 29.2 Å². The van der Waals surface area contributed by atoms with Crippen molar-refractivity contribution in [2.45, 2.75) is 56.5 Å². The zero-order valence-corrected chi connectivity index (χ0v) is 34.3. The number of carbonyl (C=O) groups excluding carboxylic acids is 2. The van der Waals surface area contributed by atoms with Gasteiger partial charge in [0.1, 0.15) is 26.8 Å². The number of benzene rings is 2. The molecule has 1 saturated carbocycles. The zero-order chi connectivity index (χ0) is 39.8. The van der Waals surface area contributed by atoms with Crippen LogP contribution in [0.15, 0.2) is 59.1 Å². The summed E-state index contributed by atoms with van der Waals surface area (Å²) in [5.74, 6) is 5.20. The second-order valence-corrected chi connectivity index (χ2v) is 18.6. The lowest BCUT2D eigenvalue weighted by Crippen LogP contribution is -2.52. The fourth-order valence-electron chi connectivity index (χ4n) is 8.69. The van der Waals surface area contributed by atoms with Gasteiger partial charge in [-0.2, -0.15) is 0 Å². The molecule has 2 bridgehead atoms. The Morgan fingerprint density at radius 2 is 2.05 bits per heavy atom.